The quantitative estimate of drug-likeness (QED) is 0.491. The lowest BCUT2D eigenvalue weighted by atomic mass is 10.5. The minimum absolute atomic E-state index is 0.880. The summed E-state index contributed by atoms with van der Waals surface area (Å²) in [4.78, 5) is 0. The SMILES string of the molecule is C#N.CC=C(C)N. The summed E-state index contributed by atoms with van der Waals surface area (Å²) in [7, 11) is 0. The predicted octanol–water partition coefficient (Wildman–Crippen LogP) is 1.01. The third kappa shape index (κ3) is 43.5. The molecule has 0 fully saturated rings. The zero-order chi connectivity index (χ0) is 6.28. The van der Waals surface area contributed by atoms with Gasteiger partial charge in [-0.15, -0.1) is 0 Å². The molecular formula is C5H10N2. The molecule has 0 amide bonds. The molecule has 40 valence electrons. The van der Waals surface area contributed by atoms with Crippen molar-refractivity contribution in [2.75, 3.05) is 0 Å². The predicted molar refractivity (Wildman–Crippen MR) is 30.3 cm³/mol. The fraction of sp³-hybridized carbons (Fsp3) is 0.400. The molecule has 0 unspecified atom stereocenters. The molecule has 0 aromatic heterocycles. The van der Waals surface area contributed by atoms with Crippen molar-refractivity contribution in [3.05, 3.63) is 11.8 Å². The summed E-state index contributed by atoms with van der Waals surface area (Å²) in [5.74, 6) is 0. The van der Waals surface area contributed by atoms with Crippen molar-refractivity contribution in [3.8, 4) is 6.57 Å². The van der Waals surface area contributed by atoms with Crippen LogP contribution < -0.4 is 5.73 Å². The molecule has 0 aromatic rings. The molecule has 0 rings (SSSR count). The molecule has 0 radical (unpaired) electrons. The van der Waals surface area contributed by atoms with E-state index in [0.717, 1.165) is 5.70 Å². The highest BCUT2D eigenvalue weighted by Gasteiger charge is 1.60. The third-order valence-corrected chi connectivity index (χ3v) is 0.455. The molecule has 0 aliphatic heterocycles. The second kappa shape index (κ2) is 8.90. The Morgan fingerprint density at radius 1 is 1.71 bits per heavy atom. The fourth-order valence-electron chi connectivity index (χ4n) is 0. The van der Waals surface area contributed by atoms with Gasteiger partial charge in [-0.1, -0.05) is 6.08 Å². The van der Waals surface area contributed by atoms with E-state index in [-0.39, 0.29) is 0 Å². The molecular weight excluding hydrogens is 88.1 g/mol. The first-order chi connectivity index (χ1) is 3.27. The maximum Gasteiger partial charge on any atom is 0.0462 e. The molecule has 0 heterocycles. The molecule has 2 N–H and O–H groups in total. The molecule has 0 atom stereocenters. The minimum Gasteiger partial charge on any atom is -0.403 e. The topological polar surface area (TPSA) is 49.8 Å². The lowest BCUT2D eigenvalue weighted by Gasteiger charge is -1.76. The van der Waals surface area contributed by atoms with Gasteiger partial charge in [0.1, 0.15) is 0 Å². The third-order valence-electron chi connectivity index (χ3n) is 0.455. The summed E-state index contributed by atoms with van der Waals surface area (Å²) in [5, 5.41) is 6.50. The average molecular weight is 98.1 g/mol. The summed E-state index contributed by atoms with van der Waals surface area (Å²) in [6, 6.07) is 0. The summed E-state index contributed by atoms with van der Waals surface area (Å²) >= 11 is 0. The van der Waals surface area contributed by atoms with E-state index in [1.165, 1.54) is 0 Å². The van der Waals surface area contributed by atoms with E-state index >= 15 is 0 Å². The van der Waals surface area contributed by atoms with Gasteiger partial charge in [-0.05, 0) is 13.8 Å². The molecule has 0 saturated heterocycles. The van der Waals surface area contributed by atoms with E-state index in [0.29, 0.717) is 0 Å². The van der Waals surface area contributed by atoms with Crippen LogP contribution in [0.15, 0.2) is 11.8 Å². The van der Waals surface area contributed by atoms with Gasteiger partial charge < -0.3 is 5.73 Å². The lowest BCUT2D eigenvalue weighted by Crippen LogP contribution is -1.86. The lowest BCUT2D eigenvalue weighted by molar-refractivity contribution is 1.29. The Morgan fingerprint density at radius 2 is 1.86 bits per heavy atom. The molecule has 0 aliphatic rings. The van der Waals surface area contributed by atoms with Gasteiger partial charge in [-0.3, -0.25) is 0 Å². The molecule has 7 heavy (non-hydrogen) atoms. The van der Waals surface area contributed by atoms with Crippen LogP contribution in [0, 0.1) is 11.8 Å². The van der Waals surface area contributed by atoms with Gasteiger partial charge in [0.15, 0.2) is 0 Å². The highest BCUT2D eigenvalue weighted by molar-refractivity contribution is 4.86. The Bertz CT molecular complexity index is 67.4. The van der Waals surface area contributed by atoms with E-state index in [1.807, 2.05) is 19.9 Å². The second-order valence-electron chi connectivity index (χ2n) is 1.03. The maximum absolute atomic E-state index is 6.50. The van der Waals surface area contributed by atoms with Gasteiger partial charge in [0.2, 0.25) is 0 Å². The normalized spacial score (nSPS) is 8.86. The van der Waals surface area contributed by atoms with Crippen molar-refractivity contribution in [3.63, 3.8) is 0 Å². The van der Waals surface area contributed by atoms with Crippen molar-refractivity contribution in [2.24, 2.45) is 5.73 Å². The van der Waals surface area contributed by atoms with Gasteiger partial charge in [0.25, 0.3) is 0 Å². The molecule has 0 spiro atoms. The Labute approximate surface area is 44.2 Å². The van der Waals surface area contributed by atoms with E-state index in [1.54, 1.807) is 0 Å². The van der Waals surface area contributed by atoms with Crippen molar-refractivity contribution < 1.29 is 0 Å². The first-order valence-corrected chi connectivity index (χ1v) is 1.91. The van der Waals surface area contributed by atoms with Gasteiger partial charge in [0.05, 0.1) is 0 Å². The molecule has 2 nitrogen and oxygen atoms in total. The smallest absolute Gasteiger partial charge is 0.0462 e. The number of nitriles is 1. The second-order valence-corrected chi connectivity index (χ2v) is 1.03. The average Bonchev–Trinajstić information content (AvgIpc) is 1.73. The minimum atomic E-state index is 0.880. The summed E-state index contributed by atoms with van der Waals surface area (Å²) < 4.78 is 0. The first-order valence-electron chi connectivity index (χ1n) is 1.91. The van der Waals surface area contributed by atoms with Crippen LogP contribution in [0.3, 0.4) is 0 Å². The van der Waals surface area contributed by atoms with E-state index in [9.17, 15) is 0 Å². The molecule has 0 bridgehead atoms. The van der Waals surface area contributed by atoms with Crippen molar-refractivity contribution in [2.45, 2.75) is 13.8 Å². The summed E-state index contributed by atoms with van der Waals surface area (Å²) in [5.41, 5.74) is 6.03. The number of hydrogen-bond donors (Lipinski definition) is 1. The van der Waals surface area contributed by atoms with Crippen molar-refractivity contribution in [1.82, 2.24) is 0 Å². The maximum atomic E-state index is 6.50. The van der Waals surface area contributed by atoms with Crippen LogP contribution in [0.4, 0.5) is 0 Å². The van der Waals surface area contributed by atoms with Gasteiger partial charge in [-0.25, -0.2) is 5.26 Å². The van der Waals surface area contributed by atoms with Crippen LogP contribution in [0.5, 0.6) is 0 Å². The van der Waals surface area contributed by atoms with E-state index in [4.69, 9.17) is 11.0 Å². The Balaban J connectivity index is 0. The largest absolute Gasteiger partial charge is 0.403 e. The Hall–Kier alpha value is -0.970. The van der Waals surface area contributed by atoms with Gasteiger partial charge in [-0.2, -0.15) is 0 Å². The van der Waals surface area contributed by atoms with Crippen LogP contribution >= 0.6 is 0 Å². The molecule has 0 aliphatic carbocycles. The monoisotopic (exact) mass is 98.1 g/mol. The van der Waals surface area contributed by atoms with Crippen LogP contribution in [0.25, 0.3) is 0 Å². The zero-order valence-corrected chi connectivity index (χ0v) is 4.68. The van der Waals surface area contributed by atoms with Crippen LogP contribution in [0.1, 0.15) is 13.8 Å². The fourth-order valence-corrected chi connectivity index (χ4v) is 0. The van der Waals surface area contributed by atoms with Crippen molar-refractivity contribution in [1.29, 1.82) is 5.26 Å². The van der Waals surface area contributed by atoms with Crippen LogP contribution in [-0.4, -0.2) is 0 Å². The summed E-state index contributed by atoms with van der Waals surface area (Å²) in [6.45, 7) is 7.27. The highest BCUT2D eigenvalue weighted by Crippen LogP contribution is 1.71. The summed E-state index contributed by atoms with van der Waals surface area (Å²) in [6.07, 6.45) is 1.86. The number of nitrogens with two attached hydrogens (primary N) is 1. The number of hydrogen-bond acceptors (Lipinski definition) is 2. The first kappa shape index (κ1) is 9.39. The van der Waals surface area contributed by atoms with E-state index in [2.05, 4.69) is 6.57 Å². The van der Waals surface area contributed by atoms with E-state index < -0.39 is 0 Å². The molecule has 2 heteroatoms. The molecule has 0 aromatic carbocycles. The van der Waals surface area contributed by atoms with Gasteiger partial charge in [0, 0.05) is 12.3 Å². The Morgan fingerprint density at radius 3 is 1.86 bits per heavy atom. The molecule has 0 saturated carbocycles. The number of nitrogens with zero attached hydrogens (tertiary/aromatic N) is 1. The zero-order valence-electron chi connectivity index (χ0n) is 4.68. The van der Waals surface area contributed by atoms with Crippen molar-refractivity contribution >= 4 is 0 Å². The number of rotatable bonds is 0. The Kier molecular flexibility index (Phi) is 11.9. The van der Waals surface area contributed by atoms with Crippen LogP contribution in [0.2, 0.25) is 0 Å². The van der Waals surface area contributed by atoms with Gasteiger partial charge >= 0.3 is 0 Å². The number of allylic oxidation sites excluding steroid dienone is 2. The standard InChI is InChI=1S/C4H9N.CHN/c1-3-4(2)5;1-2/h3H,5H2,1-2H3;1H. The highest BCUT2D eigenvalue weighted by atomic mass is 14.5. The van der Waals surface area contributed by atoms with Crippen LogP contribution in [-0.2, 0) is 0 Å².